The predicted molar refractivity (Wildman–Crippen MR) is 73.2 cm³/mol. The van der Waals surface area contributed by atoms with E-state index in [-0.39, 0.29) is 6.61 Å². The summed E-state index contributed by atoms with van der Waals surface area (Å²) in [6.07, 6.45) is 4.62. The van der Waals surface area contributed by atoms with Crippen molar-refractivity contribution in [2.45, 2.75) is 52.9 Å². The molecule has 1 aromatic rings. The molecule has 0 spiro atoms. The van der Waals surface area contributed by atoms with Gasteiger partial charge in [0.2, 0.25) is 0 Å². The lowest BCUT2D eigenvalue weighted by Crippen LogP contribution is -1.97. The van der Waals surface area contributed by atoms with Crippen molar-refractivity contribution in [3.05, 3.63) is 22.3 Å². The fourth-order valence-corrected chi connectivity index (χ4v) is 2.26. The molecule has 0 bridgehead atoms. The predicted octanol–water partition coefficient (Wildman–Crippen LogP) is 3.12. The van der Waals surface area contributed by atoms with Gasteiger partial charge in [-0.15, -0.1) is 0 Å². The van der Waals surface area contributed by atoms with Crippen molar-refractivity contribution >= 4 is 0 Å². The van der Waals surface area contributed by atoms with E-state index in [1.165, 1.54) is 0 Å². The number of aliphatic hydroxyl groups is 1. The molecule has 0 radical (unpaired) electrons. The molecule has 0 aliphatic rings. The summed E-state index contributed by atoms with van der Waals surface area (Å²) < 4.78 is 0. The maximum atomic E-state index is 10.1. The first kappa shape index (κ1) is 14.8. The second-order valence-electron chi connectivity index (χ2n) is 4.94. The zero-order valence-electron chi connectivity index (χ0n) is 11.6. The van der Waals surface area contributed by atoms with Crippen molar-refractivity contribution in [1.29, 1.82) is 0 Å². The highest BCUT2D eigenvalue weighted by atomic mass is 16.3. The van der Waals surface area contributed by atoms with Crippen LogP contribution >= 0.6 is 0 Å². The van der Waals surface area contributed by atoms with E-state index >= 15 is 0 Å². The lowest BCUT2D eigenvalue weighted by atomic mass is 9.94. The molecule has 1 aromatic carbocycles. The molecular formula is C15H24O3. The molecular weight excluding hydrogens is 228 g/mol. The van der Waals surface area contributed by atoms with E-state index in [0.717, 1.165) is 54.4 Å². The van der Waals surface area contributed by atoms with Gasteiger partial charge in [0.05, 0.1) is 0 Å². The van der Waals surface area contributed by atoms with E-state index in [1.807, 2.05) is 20.8 Å². The summed E-state index contributed by atoms with van der Waals surface area (Å²) in [5.74, 6) is 0.626. The summed E-state index contributed by atoms with van der Waals surface area (Å²) in [5.41, 5.74) is 3.18. The Morgan fingerprint density at radius 1 is 0.722 bits per heavy atom. The number of hydrogen-bond donors (Lipinski definition) is 3. The van der Waals surface area contributed by atoms with Crippen LogP contribution in [0.2, 0.25) is 0 Å². The Bertz CT molecular complexity index is 382. The summed E-state index contributed by atoms with van der Waals surface area (Å²) in [5, 5.41) is 28.8. The average Bonchev–Trinajstić information content (AvgIpc) is 2.37. The van der Waals surface area contributed by atoms with E-state index < -0.39 is 0 Å². The molecule has 0 amide bonds. The highest BCUT2D eigenvalue weighted by molar-refractivity contribution is 5.56. The summed E-state index contributed by atoms with van der Waals surface area (Å²) >= 11 is 0. The lowest BCUT2D eigenvalue weighted by Gasteiger charge is -2.15. The molecule has 0 heterocycles. The Kier molecular flexibility index (Phi) is 5.48. The minimum atomic E-state index is 0.245. The smallest absolute Gasteiger partial charge is 0.122 e. The van der Waals surface area contributed by atoms with Crippen LogP contribution in [0.3, 0.4) is 0 Å². The Hall–Kier alpha value is -1.22. The lowest BCUT2D eigenvalue weighted by molar-refractivity contribution is 0.282. The molecule has 3 nitrogen and oxygen atoms in total. The first-order valence-electron chi connectivity index (χ1n) is 6.62. The SMILES string of the molecule is Cc1c(C)c(O)c(CCCCCCO)c(C)c1O. The molecule has 3 heteroatoms. The quantitative estimate of drug-likeness (QED) is 0.538. The minimum absolute atomic E-state index is 0.245. The Labute approximate surface area is 109 Å². The van der Waals surface area contributed by atoms with Gasteiger partial charge in [-0.25, -0.2) is 0 Å². The van der Waals surface area contributed by atoms with Crippen molar-refractivity contribution in [2.75, 3.05) is 6.61 Å². The standard InChI is InChI=1S/C15H24O3/c1-10-11(2)15(18)13(12(3)14(10)17)8-6-4-5-7-9-16/h16-18H,4-9H2,1-3H3. The van der Waals surface area contributed by atoms with Crippen LogP contribution in [0.15, 0.2) is 0 Å². The van der Waals surface area contributed by atoms with Gasteiger partial charge in [-0.05, 0) is 56.7 Å². The fourth-order valence-electron chi connectivity index (χ4n) is 2.26. The van der Waals surface area contributed by atoms with E-state index in [4.69, 9.17) is 5.11 Å². The van der Waals surface area contributed by atoms with Crippen LogP contribution in [0.1, 0.15) is 47.9 Å². The topological polar surface area (TPSA) is 60.7 Å². The number of benzene rings is 1. The molecule has 0 saturated carbocycles. The number of phenols is 2. The van der Waals surface area contributed by atoms with Gasteiger partial charge in [0, 0.05) is 12.2 Å². The van der Waals surface area contributed by atoms with Crippen LogP contribution in [-0.2, 0) is 6.42 Å². The average molecular weight is 252 g/mol. The van der Waals surface area contributed by atoms with Gasteiger partial charge < -0.3 is 15.3 Å². The fraction of sp³-hybridized carbons (Fsp3) is 0.600. The zero-order chi connectivity index (χ0) is 13.7. The molecule has 0 aliphatic heterocycles. The number of hydrogen-bond acceptors (Lipinski definition) is 3. The van der Waals surface area contributed by atoms with Gasteiger partial charge in [-0.2, -0.15) is 0 Å². The third-order valence-corrected chi connectivity index (χ3v) is 3.70. The normalized spacial score (nSPS) is 10.9. The molecule has 0 aromatic heterocycles. The number of aliphatic hydroxyl groups excluding tert-OH is 1. The molecule has 0 fully saturated rings. The van der Waals surface area contributed by atoms with Crippen LogP contribution in [0, 0.1) is 20.8 Å². The Morgan fingerprint density at radius 2 is 1.28 bits per heavy atom. The van der Waals surface area contributed by atoms with Gasteiger partial charge in [0.1, 0.15) is 11.5 Å². The van der Waals surface area contributed by atoms with Crippen molar-refractivity contribution < 1.29 is 15.3 Å². The van der Waals surface area contributed by atoms with E-state index in [1.54, 1.807) is 0 Å². The van der Waals surface area contributed by atoms with Crippen molar-refractivity contribution in [1.82, 2.24) is 0 Å². The minimum Gasteiger partial charge on any atom is -0.507 e. The van der Waals surface area contributed by atoms with Crippen LogP contribution in [-0.4, -0.2) is 21.9 Å². The largest absolute Gasteiger partial charge is 0.507 e. The van der Waals surface area contributed by atoms with Crippen LogP contribution < -0.4 is 0 Å². The van der Waals surface area contributed by atoms with Gasteiger partial charge in [-0.3, -0.25) is 0 Å². The highest BCUT2D eigenvalue weighted by Crippen LogP contribution is 2.36. The van der Waals surface area contributed by atoms with Crippen molar-refractivity contribution in [3.8, 4) is 11.5 Å². The maximum absolute atomic E-state index is 10.1. The molecule has 0 saturated heterocycles. The molecule has 18 heavy (non-hydrogen) atoms. The van der Waals surface area contributed by atoms with Crippen molar-refractivity contribution in [2.24, 2.45) is 0 Å². The molecule has 0 atom stereocenters. The van der Waals surface area contributed by atoms with Gasteiger partial charge in [0.15, 0.2) is 0 Å². The zero-order valence-corrected chi connectivity index (χ0v) is 11.6. The van der Waals surface area contributed by atoms with Crippen LogP contribution in [0.4, 0.5) is 0 Å². The molecule has 0 aliphatic carbocycles. The maximum Gasteiger partial charge on any atom is 0.122 e. The molecule has 3 N–H and O–H groups in total. The molecule has 102 valence electrons. The van der Waals surface area contributed by atoms with Crippen LogP contribution in [0.25, 0.3) is 0 Å². The third-order valence-electron chi connectivity index (χ3n) is 3.70. The van der Waals surface area contributed by atoms with E-state index in [0.29, 0.717) is 11.5 Å². The first-order valence-corrected chi connectivity index (χ1v) is 6.62. The summed E-state index contributed by atoms with van der Waals surface area (Å²) in [6, 6.07) is 0. The van der Waals surface area contributed by atoms with Crippen LogP contribution in [0.5, 0.6) is 11.5 Å². The Morgan fingerprint density at radius 3 is 1.89 bits per heavy atom. The second-order valence-corrected chi connectivity index (χ2v) is 4.94. The van der Waals surface area contributed by atoms with E-state index in [2.05, 4.69) is 0 Å². The van der Waals surface area contributed by atoms with Crippen molar-refractivity contribution in [3.63, 3.8) is 0 Å². The molecule has 1 rings (SSSR count). The summed E-state index contributed by atoms with van der Waals surface area (Å²) in [4.78, 5) is 0. The number of phenolic OH excluding ortho intramolecular Hbond substituents is 2. The van der Waals surface area contributed by atoms with Gasteiger partial charge in [0.25, 0.3) is 0 Å². The second kappa shape index (κ2) is 6.64. The summed E-state index contributed by atoms with van der Waals surface area (Å²) in [7, 11) is 0. The number of unbranched alkanes of at least 4 members (excludes halogenated alkanes) is 3. The highest BCUT2D eigenvalue weighted by Gasteiger charge is 2.15. The number of aromatic hydroxyl groups is 2. The van der Waals surface area contributed by atoms with Gasteiger partial charge >= 0.3 is 0 Å². The monoisotopic (exact) mass is 252 g/mol. The van der Waals surface area contributed by atoms with E-state index in [9.17, 15) is 10.2 Å². The summed E-state index contributed by atoms with van der Waals surface area (Å²) in [6.45, 7) is 5.75. The third kappa shape index (κ3) is 3.16. The van der Waals surface area contributed by atoms with Gasteiger partial charge in [-0.1, -0.05) is 12.8 Å². The Balaban J connectivity index is 2.77. The first-order chi connectivity index (χ1) is 8.50. The molecule has 0 unspecified atom stereocenters. The number of rotatable bonds is 6.